The van der Waals surface area contributed by atoms with Gasteiger partial charge in [0, 0.05) is 18.7 Å². The molecule has 0 unspecified atom stereocenters. The van der Waals surface area contributed by atoms with Crippen LogP contribution in [0.3, 0.4) is 0 Å². The first-order chi connectivity index (χ1) is 11.8. The molecule has 7 nitrogen and oxygen atoms in total. The zero-order valence-electron chi connectivity index (χ0n) is 14.9. The number of hydrogen-bond donors (Lipinski definition) is 1. The van der Waals surface area contributed by atoms with Gasteiger partial charge in [0.05, 0.1) is 5.69 Å². The van der Waals surface area contributed by atoms with Crippen LogP contribution in [0.4, 0.5) is 5.69 Å². The first-order valence-corrected chi connectivity index (χ1v) is 8.58. The summed E-state index contributed by atoms with van der Waals surface area (Å²) in [6.07, 6.45) is 2.12. The summed E-state index contributed by atoms with van der Waals surface area (Å²) < 4.78 is 6.68. The van der Waals surface area contributed by atoms with Crippen molar-refractivity contribution in [3.8, 4) is 11.3 Å². The van der Waals surface area contributed by atoms with Crippen molar-refractivity contribution in [2.24, 2.45) is 5.92 Å². The average Bonchev–Trinajstić information content (AvgIpc) is 2.90. The van der Waals surface area contributed by atoms with Crippen molar-refractivity contribution in [3.63, 3.8) is 0 Å². The van der Waals surface area contributed by atoms with E-state index in [4.69, 9.17) is 10.2 Å². The topological polar surface area (TPSA) is 94.4 Å². The quantitative estimate of drug-likeness (QED) is 0.918. The van der Waals surface area contributed by atoms with Gasteiger partial charge in [-0.15, -0.1) is 0 Å². The lowest BCUT2D eigenvalue weighted by Gasteiger charge is -2.31. The number of nitrogen functional groups attached to an aromatic ring is 1. The SMILES string of the molecule is Cc1cc(-c2cc(N)c(=O)n(CC(=O)N3CCC[C@@H](C)C3)n2)c(C)o1. The van der Waals surface area contributed by atoms with Gasteiger partial charge in [-0.3, -0.25) is 9.59 Å². The molecule has 3 heterocycles. The summed E-state index contributed by atoms with van der Waals surface area (Å²) in [6, 6.07) is 3.38. The van der Waals surface area contributed by atoms with Gasteiger partial charge < -0.3 is 15.1 Å². The van der Waals surface area contributed by atoms with Crippen LogP contribution in [0.15, 0.2) is 21.3 Å². The fraction of sp³-hybridized carbons (Fsp3) is 0.500. The smallest absolute Gasteiger partial charge is 0.290 e. The Morgan fingerprint density at radius 3 is 2.80 bits per heavy atom. The second-order valence-electron chi connectivity index (χ2n) is 6.86. The van der Waals surface area contributed by atoms with E-state index in [2.05, 4.69) is 12.0 Å². The number of likely N-dealkylation sites (tertiary alicyclic amines) is 1. The zero-order chi connectivity index (χ0) is 18.1. The Bertz CT molecular complexity index is 852. The van der Waals surface area contributed by atoms with Crippen molar-refractivity contribution in [2.75, 3.05) is 18.8 Å². The highest BCUT2D eigenvalue weighted by Gasteiger charge is 2.22. The van der Waals surface area contributed by atoms with Crippen molar-refractivity contribution >= 4 is 11.6 Å². The van der Waals surface area contributed by atoms with E-state index in [0.29, 0.717) is 17.4 Å². The lowest BCUT2D eigenvalue weighted by molar-refractivity contribution is -0.133. The lowest BCUT2D eigenvalue weighted by Crippen LogP contribution is -2.42. The van der Waals surface area contributed by atoms with E-state index in [-0.39, 0.29) is 18.1 Å². The van der Waals surface area contributed by atoms with Gasteiger partial charge in [0.2, 0.25) is 5.91 Å². The van der Waals surface area contributed by atoms with Crippen LogP contribution in [0, 0.1) is 19.8 Å². The van der Waals surface area contributed by atoms with Crippen LogP contribution < -0.4 is 11.3 Å². The highest BCUT2D eigenvalue weighted by molar-refractivity contribution is 5.76. The monoisotopic (exact) mass is 344 g/mol. The van der Waals surface area contributed by atoms with Crippen molar-refractivity contribution in [3.05, 3.63) is 34.0 Å². The van der Waals surface area contributed by atoms with E-state index in [1.54, 1.807) is 4.90 Å². The zero-order valence-corrected chi connectivity index (χ0v) is 14.9. The molecule has 25 heavy (non-hydrogen) atoms. The number of carbonyl (C=O) groups is 1. The maximum atomic E-state index is 12.6. The fourth-order valence-electron chi connectivity index (χ4n) is 3.33. The van der Waals surface area contributed by atoms with Crippen molar-refractivity contribution in [1.82, 2.24) is 14.7 Å². The Balaban J connectivity index is 1.89. The minimum absolute atomic E-state index is 0.0723. The second-order valence-corrected chi connectivity index (χ2v) is 6.86. The molecule has 0 radical (unpaired) electrons. The molecule has 0 saturated carbocycles. The molecule has 0 aliphatic carbocycles. The van der Waals surface area contributed by atoms with Gasteiger partial charge in [-0.25, -0.2) is 4.68 Å². The number of amides is 1. The number of rotatable bonds is 3. The molecular weight excluding hydrogens is 320 g/mol. The summed E-state index contributed by atoms with van der Waals surface area (Å²) >= 11 is 0. The fourth-order valence-corrected chi connectivity index (χ4v) is 3.33. The Labute approximate surface area is 146 Å². The molecule has 2 aromatic heterocycles. The molecule has 1 atom stereocenters. The summed E-state index contributed by atoms with van der Waals surface area (Å²) in [4.78, 5) is 26.7. The minimum atomic E-state index is -0.444. The average molecular weight is 344 g/mol. The molecular formula is C18H24N4O3. The molecule has 2 N–H and O–H groups in total. The first-order valence-electron chi connectivity index (χ1n) is 8.58. The van der Waals surface area contributed by atoms with E-state index in [1.807, 2.05) is 19.9 Å². The van der Waals surface area contributed by atoms with Gasteiger partial charge >= 0.3 is 0 Å². The number of aryl methyl sites for hydroxylation is 2. The molecule has 134 valence electrons. The molecule has 1 fully saturated rings. The van der Waals surface area contributed by atoms with Crippen molar-refractivity contribution < 1.29 is 9.21 Å². The number of carbonyl (C=O) groups excluding carboxylic acids is 1. The molecule has 3 rings (SSSR count). The van der Waals surface area contributed by atoms with Gasteiger partial charge in [-0.2, -0.15) is 5.10 Å². The predicted molar refractivity (Wildman–Crippen MR) is 95.1 cm³/mol. The van der Waals surface area contributed by atoms with Crippen LogP contribution in [0.5, 0.6) is 0 Å². The van der Waals surface area contributed by atoms with Crippen LogP contribution in [-0.2, 0) is 11.3 Å². The summed E-state index contributed by atoms with van der Waals surface area (Å²) in [5.74, 6) is 1.84. The van der Waals surface area contributed by atoms with Gasteiger partial charge in [-0.1, -0.05) is 6.92 Å². The van der Waals surface area contributed by atoms with Gasteiger partial charge in [0.25, 0.3) is 5.56 Å². The van der Waals surface area contributed by atoms with E-state index < -0.39 is 5.56 Å². The molecule has 1 amide bonds. The Kier molecular flexibility index (Phi) is 4.65. The number of nitrogens with zero attached hydrogens (tertiary/aromatic N) is 3. The van der Waals surface area contributed by atoms with Crippen LogP contribution in [-0.4, -0.2) is 33.7 Å². The van der Waals surface area contributed by atoms with Crippen LogP contribution >= 0.6 is 0 Å². The number of hydrogen-bond acceptors (Lipinski definition) is 5. The summed E-state index contributed by atoms with van der Waals surface area (Å²) in [5, 5.41) is 4.35. The van der Waals surface area contributed by atoms with Crippen LogP contribution in [0.2, 0.25) is 0 Å². The van der Waals surface area contributed by atoms with Gasteiger partial charge in [-0.05, 0) is 44.7 Å². The number of piperidine rings is 1. The largest absolute Gasteiger partial charge is 0.466 e. The molecule has 1 aliphatic rings. The molecule has 2 aromatic rings. The third-order valence-corrected chi connectivity index (χ3v) is 4.61. The van der Waals surface area contributed by atoms with Crippen LogP contribution in [0.1, 0.15) is 31.3 Å². The number of nitrogens with two attached hydrogens (primary N) is 1. The minimum Gasteiger partial charge on any atom is -0.466 e. The van der Waals surface area contributed by atoms with Gasteiger partial charge in [0.15, 0.2) is 0 Å². The normalized spacial score (nSPS) is 17.7. The maximum Gasteiger partial charge on any atom is 0.290 e. The predicted octanol–water partition coefficient (Wildman–Crippen LogP) is 1.96. The number of anilines is 1. The van der Waals surface area contributed by atoms with E-state index >= 15 is 0 Å². The summed E-state index contributed by atoms with van der Waals surface area (Å²) in [5.41, 5.74) is 6.80. The third-order valence-electron chi connectivity index (χ3n) is 4.61. The Hall–Kier alpha value is -2.57. The molecule has 0 bridgehead atoms. The van der Waals surface area contributed by atoms with E-state index in [0.717, 1.165) is 41.9 Å². The van der Waals surface area contributed by atoms with Crippen molar-refractivity contribution in [1.29, 1.82) is 0 Å². The third kappa shape index (κ3) is 3.60. The first kappa shape index (κ1) is 17.3. The second kappa shape index (κ2) is 6.74. The Morgan fingerprint density at radius 1 is 1.40 bits per heavy atom. The standard InChI is InChI=1S/C18H24N4O3/c1-11-5-4-6-21(9-11)17(23)10-22-18(24)15(19)8-16(20-22)14-7-12(2)25-13(14)3/h7-8,11H,4-6,9-10,19H2,1-3H3/t11-/m1/s1. The Morgan fingerprint density at radius 2 is 2.16 bits per heavy atom. The summed E-state index contributed by atoms with van der Waals surface area (Å²) in [7, 11) is 0. The van der Waals surface area contributed by atoms with Crippen molar-refractivity contribution in [2.45, 2.75) is 40.2 Å². The molecule has 0 aromatic carbocycles. The highest BCUT2D eigenvalue weighted by atomic mass is 16.3. The van der Waals surface area contributed by atoms with E-state index in [9.17, 15) is 9.59 Å². The molecule has 7 heteroatoms. The molecule has 1 aliphatic heterocycles. The van der Waals surface area contributed by atoms with Crippen LogP contribution in [0.25, 0.3) is 11.3 Å². The highest BCUT2D eigenvalue weighted by Crippen LogP contribution is 2.25. The lowest BCUT2D eigenvalue weighted by atomic mass is 10.0. The summed E-state index contributed by atoms with van der Waals surface area (Å²) in [6.45, 7) is 7.16. The molecule has 0 spiro atoms. The number of aromatic nitrogens is 2. The maximum absolute atomic E-state index is 12.6. The van der Waals surface area contributed by atoms with Gasteiger partial charge in [0.1, 0.15) is 23.8 Å². The van der Waals surface area contributed by atoms with E-state index in [1.165, 1.54) is 6.07 Å². The molecule has 1 saturated heterocycles. The number of furan rings is 1.